The monoisotopic (exact) mass is 341 g/mol. The normalized spacial score (nSPS) is 21.1. The minimum absolute atomic E-state index is 0.208. The molecule has 0 radical (unpaired) electrons. The molecule has 1 aromatic carbocycles. The lowest BCUT2D eigenvalue weighted by Gasteiger charge is -2.42. The van der Waals surface area contributed by atoms with Crippen LogP contribution in [0.1, 0.15) is 50.9 Å². The Labute approximate surface area is 148 Å². The molecule has 134 valence electrons. The Morgan fingerprint density at radius 1 is 1.28 bits per heavy atom. The number of hydrogen-bond donors (Lipinski definition) is 2. The third kappa shape index (κ3) is 3.25. The summed E-state index contributed by atoms with van der Waals surface area (Å²) < 4.78 is 5.43. The van der Waals surface area contributed by atoms with Crippen molar-refractivity contribution in [3.8, 4) is 0 Å². The van der Waals surface area contributed by atoms with Crippen molar-refractivity contribution in [3.05, 3.63) is 35.5 Å². The topological polar surface area (TPSA) is 57.4 Å². The Balaban J connectivity index is 1.40. The Morgan fingerprint density at radius 3 is 2.80 bits per heavy atom. The first-order valence-corrected chi connectivity index (χ1v) is 9.24. The van der Waals surface area contributed by atoms with E-state index in [2.05, 4.69) is 34.6 Å². The molecule has 2 aliphatic rings. The number of carbonyl (C=O) groups is 1. The van der Waals surface area contributed by atoms with E-state index in [1.165, 1.54) is 28.6 Å². The van der Waals surface area contributed by atoms with E-state index in [1.54, 1.807) is 4.90 Å². The van der Waals surface area contributed by atoms with Crippen LogP contribution in [-0.2, 0) is 11.2 Å². The average molecular weight is 341 g/mol. The lowest BCUT2D eigenvalue weighted by molar-refractivity contribution is 0.00387. The molecule has 2 aromatic rings. The van der Waals surface area contributed by atoms with Crippen LogP contribution in [0.25, 0.3) is 10.9 Å². The summed E-state index contributed by atoms with van der Waals surface area (Å²) in [5, 5.41) is 5.09. The van der Waals surface area contributed by atoms with Gasteiger partial charge in [0.05, 0.1) is 0 Å². The van der Waals surface area contributed by atoms with Crippen molar-refractivity contribution in [2.24, 2.45) is 0 Å². The standard InChI is InChI=1S/C20H27N3O2/c1-20(2,3)25-19(24)23-11-13(12-23)21-17-10-6-8-15-14-7-4-5-9-16(14)22-18(15)17/h4-5,7,9,13,17,21-22H,6,8,10-12H2,1-3H3. The number of rotatable bonds is 2. The Hall–Kier alpha value is -2.01. The molecule has 2 heterocycles. The van der Waals surface area contributed by atoms with Crippen molar-refractivity contribution >= 4 is 17.0 Å². The second kappa shape index (κ2) is 6.06. The van der Waals surface area contributed by atoms with E-state index in [9.17, 15) is 4.79 Å². The molecule has 1 atom stereocenters. The van der Waals surface area contributed by atoms with Crippen LogP contribution in [-0.4, -0.2) is 40.7 Å². The largest absolute Gasteiger partial charge is 0.444 e. The number of ether oxygens (including phenoxy) is 1. The summed E-state index contributed by atoms with van der Waals surface area (Å²) in [6.07, 6.45) is 3.28. The number of para-hydroxylation sites is 1. The SMILES string of the molecule is CC(C)(C)OC(=O)N1CC(NC2CCCc3c2[nH]c2ccccc32)C1. The fourth-order valence-corrected chi connectivity index (χ4v) is 3.93. The second-order valence-corrected chi connectivity index (χ2v) is 8.26. The molecule has 1 aliphatic heterocycles. The molecule has 1 fully saturated rings. The number of amides is 1. The summed E-state index contributed by atoms with van der Waals surface area (Å²) in [4.78, 5) is 17.5. The number of nitrogens with zero attached hydrogens (tertiary/aromatic N) is 1. The molecule has 1 aliphatic carbocycles. The molecule has 2 N–H and O–H groups in total. The highest BCUT2D eigenvalue weighted by atomic mass is 16.6. The van der Waals surface area contributed by atoms with Crippen molar-refractivity contribution in [2.75, 3.05) is 13.1 Å². The van der Waals surface area contributed by atoms with E-state index in [4.69, 9.17) is 4.74 Å². The first kappa shape index (κ1) is 16.5. The summed E-state index contributed by atoms with van der Waals surface area (Å²) in [5.74, 6) is 0. The second-order valence-electron chi connectivity index (χ2n) is 8.26. The minimum atomic E-state index is -0.432. The Morgan fingerprint density at radius 2 is 2.04 bits per heavy atom. The van der Waals surface area contributed by atoms with Gasteiger partial charge in [-0.3, -0.25) is 0 Å². The van der Waals surface area contributed by atoms with E-state index in [0.717, 1.165) is 25.9 Å². The van der Waals surface area contributed by atoms with Crippen LogP contribution >= 0.6 is 0 Å². The number of carbonyl (C=O) groups excluding carboxylic acids is 1. The third-order valence-electron chi connectivity index (χ3n) is 5.08. The predicted octanol–water partition coefficient (Wildman–Crippen LogP) is 3.75. The quantitative estimate of drug-likeness (QED) is 0.874. The maximum absolute atomic E-state index is 12.1. The molecule has 1 saturated heterocycles. The van der Waals surface area contributed by atoms with Gasteiger partial charge in [-0.1, -0.05) is 18.2 Å². The van der Waals surface area contributed by atoms with Crippen molar-refractivity contribution in [1.82, 2.24) is 15.2 Å². The Kier molecular flexibility index (Phi) is 3.99. The zero-order valence-electron chi connectivity index (χ0n) is 15.3. The van der Waals surface area contributed by atoms with Gasteiger partial charge in [-0.25, -0.2) is 4.79 Å². The molecule has 1 amide bonds. The van der Waals surface area contributed by atoms with Crippen LogP contribution in [0.4, 0.5) is 4.79 Å². The van der Waals surface area contributed by atoms with E-state index >= 15 is 0 Å². The Bertz CT molecular complexity index is 784. The van der Waals surface area contributed by atoms with Gasteiger partial charge in [-0.2, -0.15) is 0 Å². The molecule has 1 unspecified atom stereocenters. The van der Waals surface area contributed by atoms with Crippen LogP contribution < -0.4 is 5.32 Å². The van der Waals surface area contributed by atoms with Gasteiger partial charge in [0.15, 0.2) is 0 Å². The first-order valence-electron chi connectivity index (χ1n) is 9.24. The van der Waals surface area contributed by atoms with Crippen molar-refractivity contribution in [2.45, 2.75) is 57.7 Å². The van der Waals surface area contributed by atoms with Gasteiger partial charge in [0.25, 0.3) is 0 Å². The van der Waals surface area contributed by atoms with Gasteiger partial charge < -0.3 is 19.9 Å². The molecular weight excluding hydrogens is 314 g/mol. The van der Waals surface area contributed by atoms with E-state index in [-0.39, 0.29) is 6.09 Å². The number of nitrogens with one attached hydrogen (secondary N) is 2. The zero-order valence-corrected chi connectivity index (χ0v) is 15.3. The van der Waals surface area contributed by atoms with E-state index in [0.29, 0.717) is 12.1 Å². The first-order chi connectivity index (χ1) is 11.9. The molecule has 4 rings (SSSR count). The number of likely N-dealkylation sites (tertiary alicyclic amines) is 1. The molecule has 1 aromatic heterocycles. The van der Waals surface area contributed by atoms with Crippen molar-refractivity contribution in [3.63, 3.8) is 0 Å². The number of fused-ring (bicyclic) bond motifs is 3. The van der Waals surface area contributed by atoms with Gasteiger partial charge in [0, 0.05) is 41.8 Å². The number of aromatic nitrogens is 1. The van der Waals surface area contributed by atoms with Crippen molar-refractivity contribution < 1.29 is 9.53 Å². The van der Waals surface area contributed by atoms with Crippen LogP contribution in [0.5, 0.6) is 0 Å². The zero-order chi connectivity index (χ0) is 17.6. The highest BCUT2D eigenvalue weighted by Crippen LogP contribution is 2.35. The summed E-state index contributed by atoms with van der Waals surface area (Å²) in [7, 11) is 0. The summed E-state index contributed by atoms with van der Waals surface area (Å²) >= 11 is 0. The molecule has 25 heavy (non-hydrogen) atoms. The molecule has 5 nitrogen and oxygen atoms in total. The van der Waals surface area contributed by atoms with Gasteiger partial charge in [0.2, 0.25) is 0 Å². The maximum atomic E-state index is 12.1. The highest BCUT2D eigenvalue weighted by Gasteiger charge is 2.36. The smallest absolute Gasteiger partial charge is 0.410 e. The van der Waals surface area contributed by atoms with Crippen molar-refractivity contribution in [1.29, 1.82) is 0 Å². The fraction of sp³-hybridized carbons (Fsp3) is 0.550. The van der Waals surface area contributed by atoms with Crippen LogP contribution in [0.15, 0.2) is 24.3 Å². The molecule has 0 saturated carbocycles. The summed E-state index contributed by atoms with van der Waals surface area (Å²) in [6.45, 7) is 7.15. The van der Waals surface area contributed by atoms with Gasteiger partial charge in [-0.05, 0) is 51.7 Å². The fourth-order valence-electron chi connectivity index (χ4n) is 3.93. The van der Waals surface area contributed by atoms with Gasteiger partial charge >= 0.3 is 6.09 Å². The highest BCUT2D eigenvalue weighted by molar-refractivity contribution is 5.85. The van der Waals surface area contributed by atoms with Crippen LogP contribution in [0, 0.1) is 0 Å². The summed E-state index contributed by atoms with van der Waals surface area (Å²) in [5.41, 5.74) is 3.59. The number of benzene rings is 1. The van der Waals surface area contributed by atoms with Gasteiger partial charge in [0.1, 0.15) is 5.60 Å². The lowest BCUT2D eigenvalue weighted by Crippen LogP contribution is -2.61. The third-order valence-corrected chi connectivity index (χ3v) is 5.08. The molecule has 0 bridgehead atoms. The number of hydrogen-bond acceptors (Lipinski definition) is 3. The average Bonchev–Trinajstić information content (AvgIpc) is 2.88. The number of aryl methyl sites for hydroxylation is 1. The molecule has 5 heteroatoms. The minimum Gasteiger partial charge on any atom is -0.444 e. The number of aromatic amines is 1. The van der Waals surface area contributed by atoms with Gasteiger partial charge in [-0.15, -0.1) is 0 Å². The molecule has 0 spiro atoms. The predicted molar refractivity (Wildman–Crippen MR) is 98.7 cm³/mol. The summed E-state index contributed by atoms with van der Waals surface area (Å²) in [6, 6.07) is 9.24. The van der Waals surface area contributed by atoms with E-state index < -0.39 is 5.60 Å². The maximum Gasteiger partial charge on any atom is 0.410 e. The lowest BCUT2D eigenvalue weighted by atomic mass is 9.90. The number of H-pyrrole nitrogens is 1. The van der Waals surface area contributed by atoms with Crippen LogP contribution in [0.3, 0.4) is 0 Å². The van der Waals surface area contributed by atoms with Crippen LogP contribution in [0.2, 0.25) is 0 Å². The van der Waals surface area contributed by atoms with E-state index in [1.807, 2.05) is 20.8 Å². The molecular formula is C20H27N3O2.